The van der Waals surface area contributed by atoms with Gasteiger partial charge in [-0.15, -0.1) is 0 Å². The second-order valence-corrected chi connectivity index (χ2v) is 5.14. The van der Waals surface area contributed by atoms with Gasteiger partial charge in [0.2, 0.25) is 5.95 Å². The van der Waals surface area contributed by atoms with E-state index in [1.807, 2.05) is 48.7 Å². The van der Waals surface area contributed by atoms with Gasteiger partial charge in [-0.1, -0.05) is 24.3 Å². The molecule has 5 N–H and O–H groups in total. The van der Waals surface area contributed by atoms with Gasteiger partial charge in [0.1, 0.15) is 11.6 Å². The van der Waals surface area contributed by atoms with Crippen LogP contribution in [-0.4, -0.2) is 21.5 Å². The van der Waals surface area contributed by atoms with Crippen LogP contribution >= 0.6 is 0 Å². The summed E-state index contributed by atoms with van der Waals surface area (Å²) in [6.45, 7) is 0.734. The van der Waals surface area contributed by atoms with Crippen LogP contribution in [0.1, 0.15) is 5.56 Å². The van der Waals surface area contributed by atoms with Gasteiger partial charge in [0.25, 0.3) is 0 Å². The minimum absolute atomic E-state index is 0.473. The molecule has 7 heteroatoms. The Morgan fingerprint density at radius 3 is 2.54 bits per heavy atom. The van der Waals surface area contributed by atoms with Gasteiger partial charge in [0, 0.05) is 30.7 Å². The molecule has 0 saturated heterocycles. The van der Waals surface area contributed by atoms with Crippen molar-refractivity contribution in [3.05, 3.63) is 66.5 Å². The predicted octanol–water partition coefficient (Wildman–Crippen LogP) is 2.56. The van der Waals surface area contributed by atoms with E-state index in [0.717, 1.165) is 18.7 Å². The molecule has 0 atom stereocenters. The predicted molar refractivity (Wildman–Crippen MR) is 96.0 cm³/mol. The van der Waals surface area contributed by atoms with Crippen LogP contribution in [0, 0.1) is 0 Å². The molecule has 0 amide bonds. The number of aromatic nitrogens is 3. The van der Waals surface area contributed by atoms with Crippen molar-refractivity contribution in [1.82, 2.24) is 15.0 Å². The fraction of sp³-hybridized carbons (Fsp3) is 0.118. The monoisotopic (exact) mass is 321 g/mol. The molecule has 0 fully saturated rings. The normalized spacial score (nSPS) is 10.2. The number of hydrogen-bond acceptors (Lipinski definition) is 7. The molecule has 0 spiro atoms. The van der Waals surface area contributed by atoms with Crippen molar-refractivity contribution < 1.29 is 0 Å². The van der Waals surface area contributed by atoms with Gasteiger partial charge < -0.3 is 16.1 Å². The third-order valence-electron chi connectivity index (χ3n) is 3.35. The second-order valence-electron chi connectivity index (χ2n) is 5.14. The van der Waals surface area contributed by atoms with Crippen molar-refractivity contribution in [1.29, 1.82) is 0 Å². The first kappa shape index (κ1) is 15.7. The lowest BCUT2D eigenvalue weighted by Gasteiger charge is -2.11. The van der Waals surface area contributed by atoms with Crippen LogP contribution in [0.4, 0.5) is 23.3 Å². The molecule has 0 saturated carbocycles. The van der Waals surface area contributed by atoms with Crippen molar-refractivity contribution in [3.63, 3.8) is 0 Å². The number of hydrazine groups is 1. The Bertz CT molecular complexity index is 762. The molecule has 1 aromatic carbocycles. The van der Waals surface area contributed by atoms with E-state index in [1.54, 1.807) is 12.3 Å². The molecule has 0 aliphatic heterocycles. The van der Waals surface area contributed by atoms with Gasteiger partial charge in [-0.2, -0.15) is 9.97 Å². The summed E-state index contributed by atoms with van der Waals surface area (Å²) >= 11 is 0. The maximum Gasteiger partial charge on any atom is 0.231 e. The number of para-hydroxylation sites is 1. The number of nitrogens with zero attached hydrogens (tertiary/aromatic N) is 3. The zero-order chi connectivity index (χ0) is 16.6. The number of nitrogen functional groups attached to an aromatic ring is 1. The number of rotatable bonds is 7. The Morgan fingerprint density at radius 1 is 0.958 bits per heavy atom. The molecule has 2 aromatic heterocycles. The Morgan fingerprint density at radius 2 is 1.79 bits per heavy atom. The maximum absolute atomic E-state index is 5.50. The number of pyridine rings is 1. The second kappa shape index (κ2) is 7.89. The highest BCUT2D eigenvalue weighted by Crippen LogP contribution is 2.17. The number of nitrogens with one attached hydrogen (secondary N) is 3. The molecule has 24 heavy (non-hydrogen) atoms. The average molecular weight is 321 g/mol. The zero-order valence-corrected chi connectivity index (χ0v) is 13.1. The smallest absolute Gasteiger partial charge is 0.231 e. The largest absolute Gasteiger partial charge is 0.370 e. The van der Waals surface area contributed by atoms with Crippen molar-refractivity contribution in [3.8, 4) is 0 Å². The molecule has 122 valence electrons. The lowest BCUT2D eigenvalue weighted by atomic mass is 10.2. The fourth-order valence-electron chi connectivity index (χ4n) is 2.20. The Balaban J connectivity index is 1.67. The van der Waals surface area contributed by atoms with E-state index in [0.29, 0.717) is 17.6 Å². The molecule has 0 bridgehead atoms. The summed E-state index contributed by atoms with van der Waals surface area (Å²) in [5.41, 5.74) is 4.64. The zero-order valence-electron chi connectivity index (χ0n) is 13.1. The van der Waals surface area contributed by atoms with Gasteiger partial charge in [-0.3, -0.25) is 4.98 Å². The van der Waals surface area contributed by atoms with E-state index in [9.17, 15) is 0 Å². The summed E-state index contributed by atoms with van der Waals surface area (Å²) < 4.78 is 0. The minimum Gasteiger partial charge on any atom is -0.370 e. The van der Waals surface area contributed by atoms with Crippen molar-refractivity contribution >= 4 is 23.3 Å². The summed E-state index contributed by atoms with van der Waals surface area (Å²) in [6.07, 6.45) is 4.48. The van der Waals surface area contributed by atoms with Gasteiger partial charge in [-0.05, 0) is 30.2 Å². The summed E-state index contributed by atoms with van der Waals surface area (Å²) in [5.74, 6) is 7.20. The first-order valence-electron chi connectivity index (χ1n) is 7.64. The first-order valence-corrected chi connectivity index (χ1v) is 7.64. The molecule has 7 nitrogen and oxygen atoms in total. The summed E-state index contributed by atoms with van der Waals surface area (Å²) in [5, 5.41) is 6.44. The average Bonchev–Trinajstić information content (AvgIpc) is 2.63. The van der Waals surface area contributed by atoms with E-state index in [4.69, 9.17) is 5.84 Å². The standard InChI is InChI=1S/C17H19N7/c18-24-16-11-15(20-10-8-13-5-4-9-19-12-13)22-17(23-16)21-14-6-2-1-3-7-14/h1-7,9,11-12H,8,10,18H2,(H3,20,21,22,23,24). The third-order valence-corrected chi connectivity index (χ3v) is 3.35. The highest BCUT2D eigenvalue weighted by Gasteiger charge is 2.04. The van der Waals surface area contributed by atoms with E-state index >= 15 is 0 Å². The van der Waals surface area contributed by atoms with Crippen molar-refractivity contribution in [2.75, 3.05) is 22.6 Å². The maximum atomic E-state index is 5.50. The van der Waals surface area contributed by atoms with E-state index in [2.05, 4.69) is 31.0 Å². The lowest BCUT2D eigenvalue weighted by molar-refractivity contribution is 0.989. The molecule has 3 rings (SSSR count). The van der Waals surface area contributed by atoms with Gasteiger partial charge in [0.15, 0.2) is 0 Å². The SMILES string of the molecule is NNc1cc(NCCc2cccnc2)nc(Nc2ccccc2)n1. The minimum atomic E-state index is 0.473. The highest BCUT2D eigenvalue weighted by molar-refractivity contribution is 5.58. The number of hydrogen-bond donors (Lipinski definition) is 4. The molecule has 0 aliphatic rings. The number of nitrogens with two attached hydrogens (primary N) is 1. The molecule has 0 radical (unpaired) electrons. The van der Waals surface area contributed by atoms with Crippen LogP contribution in [0.5, 0.6) is 0 Å². The van der Waals surface area contributed by atoms with Crippen LogP contribution in [0.2, 0.25) is 0 Å². The van der Waals surface area contributed by atoms with Crippen LogP contribution in [0.25, 0.3) is 0 Å². The van der Waals surface area contributed by atoms with E-state index < -0.39 is 0 Å². The van der Waals surface area contributed by atoms with Crippen LogP contribution in [0.15, 0.2) is 60.9 Å². The van der Waals surface area contributed by atoms with Crippen LogP contribution < -0.4 is 21.9 Å². The van der Waals surface area contributed by atoms with E-state index in [-0.39, 0.29) is 0 Å². The Labute approximate surface area is 140 Å². The quantitative estimate of drug-likeness (QED) is 0.392. The molecular formula is C17H19N7. The van der Waals surface area contributed by atoms with Gasteiger partial charge in [0.05, 0.1) is 0 Å². The molecule has 0 unspecified atom stereocenters. The van der Waals surface area contributed by atoms with Crippen molar-refractivity contribution in [2.24, 2.45) is 5.84 Å². The van der Waals surface area contributed by atoms with Gasteiger partial charge in [-0.25, -0.2) is 5.84 Å². The van der Waals surface area contributed by atoms with Crippen LogP contribution in [0.3, 0.4) is 0 Å². The summed E-state index contributed by atoms with van der Waals surface area (Å²) in [6, 6.07) is 15.5. The summed E-state index contributed by atoms with van der Waals surface area (Å²) in [7, 11) is 0. The molecule has 3 aromatic rings. The fourth-order valence-corrected chi connectivity index (χ4v) is 2.20. The van der Waals surface area contributed by atoms with Crippen LogP contribution in [-0.2, 0) is 6.42 Å². The Kier molecular flexibility index (Phi) is 5.16. The molecular weight excluding hydrogens is 302 g/mol. The summed E-state index contributed by atoms with van der Waals surface area (Å²) in [4.78, 5) is 12.9. The lowest BCUT2D eigenvalue weighted by Crippen LogP contribution is -2.13. The molecule has 2 heterocycles. The molecule has 0 aliphatic carbocycles. The Hall–Kier alpha value is -3.19. The number of benzene rings is 1. The van der Waals surface area contributed by atoms with E-state index in [1.165, 1.54) is 5.56 Å². The first-order chi connectivity index (χ1) is 11.8. The topological polar surface area (TPSA) is 101 Å². The van der Waals surface area contributed by atoms with Crippen molar-refractivity contribution in [2.45, 2.75) is 6.42 Å². The number of anilines is 4. The van der Waals surface area contributed by atoms with Gasteiger partial charge >= 0.3 is 0 Å². The highest BCUT2D eigenvalue weighted by atomic mass is 15.3. The third kappa shape index (κ3) is 4.40.